The normalized spacial score (nSPS) is 12.2. The number of hydrogen-bond acceptors (Lipinski definition) is 7. The maximum atomic E-state index is 12.1. The first-order valence-electron chi connectivity index (χ1n) is 7.58. The van der Waals surface area contributed by atoms with Crippen molar-refractivity contribution in [3.8, 4) is 0 Å². The van der Waals surface area contributed by atoms with E-state index in [2.05, 4.69) is 15.5 Å². The van der Waals surface area contributed by atoms with E-state index < -0.39 is 0 Å². The van der Waals surface area contributed by atoms with Crippen LogP contribution in [0.1, 0.15) is 29.5 Å². The zero-order valence-corrected chi connectivity index (χ0v) is 15.7. The molecule has 0 saturated carbocycles. The maximum absolute atomic E-state index is 12.1. The highest BCUT2D eigenvalue weighted by atomic mass is 32.2. The third-order valence-electron chi connectivity index (χ3n) is 3.44. The number of nitrogens with one attached hydrogen (secondary N) is 1. The molecule has 8 heteroatoms. The van der Waals surface area contributed by atoms with E-state index in [9.17, 15) is 4.79 Å². The van der Waals surface area contributed by atoms with Crippen molar-refractivity contribution in [2.24, 2.45) is 5.73 Å². The number of benzene rings is 1. The van der Waals surface area contributed by atoms with Crippen LogP contribution in [0.3, 0.4) is 0 Å². The number of aromatic nitrogens is 2. The third kappa shape index (κ3) is 5.25. The quantitative estimate of drug-likeness (QED) is 0.693. The molecule has 0 aliphatic carbocycles. The standard InChI is InChI=1S/C16H22N4O2S2/c1-10-5-4-6-11(2)14(10)18-13(21)9-24-16-20-19-15(22-16)12(17)7-8-23-3/h4-6,12H,7-9,17H2,1-3H3,(H,18,21). The predicted molar refractivity (Wildman–Crippen MR) is 99.5 cm³/mol. The average Bonchev–Trinajstić information content (AvgIpc) is 3.03. The van der Waals surface area contributed by atoms with Crippen LogP contribution in [-0.4, -0.2) is 33.9 Å². The van der Waals surface area contributed by atoms with E-state index in [1.807, 2.05) is 38.3 Å². The van der Waals surface area contributed by atoms with Crippen LogP contribution in [0, 0.1) is 13.8 Å². The van der Waals surface area contributed by atoms with Crippen LogP contribution in [0.2, 0.25) is 0 Å². The van der Waals surface area contributed by atoms with E-state index in [0.29, 0.717) is 11.1 Å². The molecule has 6 nitrogen and oxygen atoms in total. The number of hydrogen-bond donors (Lipinski definition) is 2. The number of rotatable bonds is 8. The highest BCUT2D eigenvalue weighted by Crippen LogP contribution is 2.23. The molecule has 0 spiro atoms. The number of carbonyl (C=O) groups is 1. The lowest BCUT2D eigenvalue weighted by Crippen LogP contribution is -2.15. The number of para-hydroxylation sites is 1. The summed E-state index contributed by atoms with van der Waals surface area (Å²) in [7, 11) is 0. The number of thioether (sulfide) groups is 2. The van der Waals surface area contributed by atoms with Crippen molar-refractivity contribution < 1.29 is 9.21 Å². The minimum atomic E-state index is -0.261. The largest absolute Gasteiger partial charge is 0.414 e. The van der Waals surface area contributed by atoms with E-state index in [-0.39, 0.29) is 17.7 Å². The molecule has 0 aliphatic rings. The van der Waals surface area contributed by atoms with E-state index in [4.69, 9.17) is 10.2 Å². The zero-order chi connectivity index (χ0) is 17.5. The monoisotopic (exact) mass is 366 g/mol. The molecule has 0 bridgehead atoms. The summed E-state index contributed by atoms with van der Waals surface area (Å²) in [6.07, 6.45) is 2.80. The Balaban J connectivity index is 1.87. The molecule has 24 heavy (non-hydrogen) atoms. The Morgan fingerprint density at radius 1 is 1.33 bits per heavy atom. The summed E-state index contributed by atoms with van der Waals surface area (Å²) in [6.45, 7) is 3.94. The van der Waals surface area contributed by atoms with Gasteiger partial charge in [-0.2, -0.15) is 11.8 Å². The Morgan fingerprint density at radius 3 is 2.71 bits per heavy atom. The number of amides is 1. The van der Waals surface area contributed by atoms with Crippen LogP contribution in [0.25, 0.3) is 0 Å². The number of carbonyl (C=O) groups excluding carboxylic acids is 1. The SMILES string of the molecule is CSCCC(N)c1nnc(SCC(=O)Nc2c(C)cccc2C)o1. The molecule has 1 aromatic heterocycles. The molecule has 0 fully saturated rings. The summed E-state index contributed by atoms with van der Waals surface area (Å²) in [4.78, 5) is 12.1. The molecular weight excluding hydrogens is 344 g/mol. The Bertz CT molecular complexity index is 670. The van der Waals surface area contributed by atoms with Crippen LogP contribution in [0.5, 0.6) is 0 Å². The molecule has 0 saturated heterocycles. The van der Waals surface area contributed by atoms with Crippen LogP contribution < -0.4 is 11.1 Å². The van der Waals surface area contributed by atoms with Crippen molar-refractivity contribution in [1.29, 1.82) is 0 Å². The van der Waals surface area contributed by atoms with Gasteiger partial charge in [0.15, 0.2) is 0 Å². The van der Waals surface area contributed by atoms with Gasteiger partial charge in [-0.05, 0) is 43.4 Å². The van der Waals surface area contributed by atoms with Crippen LogP contribution >= 0.6 is 23.5 Å². The summed E-state index contributed by atoms with van der Waals surface area (Å²) in [5.41, 5.74) is 8.91. The minimum Gasteiger partial charge on any atom is -0.414 e. The molecule has 1 unspecified atom stereocenters. The number of anilines is 1. The molecular formula is C16H22N4O2S2. The Labute approximate surface area is 150 Å². The lowest BCUT2D eigenvalue weighted by molar-refractivity contribution is -0.113. The Kier molecular flexibility index (Phi) is 7.14. The van der Waals surface area contributed by atoms with Gasteiger partial charge in [0.25, 0.3) is 5.22 Å². The van der Waals surface area contributed by atoms with Crippen LogP contribution in [-0.2, 0) is 4.79 Å². The fraction of sp³-hybridized carbons (Fsp3) is 0.438. The summed E-state index contributed by atoms with van der Waals surface area (Å²) in [6, 6.07) is 5.64. The van der Waals surface area contributed by atoms with Crippen LogP contribution in [0.4, 0.5) is 5.69 Å². The molecule has 2 aromatic rings. The van der Waals surface area contributed by atoms with Crippen molar-refractivity contribution in [2.45, 2.75) is 31.5 Å². The van der Waals surface area contributed by atoms with Crippen molar-refractivity contribution >= 4 is 35.1 Å². The van der Waals surface area contributed by atoms with Gasteiger partial charge in [-0.1, -0.05) is 30.0 Å². The van der Waals surface area contributed by atoms with E-state index in [1.54, 1.807) is 11.8 Å². The lowest BCUT2D eigenvalue weighted by atomic mass is 10.1. The van der Waals surface area contributed by atoms with Gasteiger partial charge in [-0.3, -0.25) is 4.79 Å². The Morgan fingerprint density at radius 2 is 2.04 bits per heavy atom. The number of nitrogens with two attached hydrogens (primary N) is 1. The van der Waals surface area contributed by atoms with Crippen molar-refractivity contribution in [3.05, 3.63) is 35.2 Å². The number of nitrogens with zero attached hydrogens (tertiary/aromatic N) is 2. The molecule has 2 rings (SSSR count). The van der Waals surface area contributed by atoms with Gasteiger partial charge in [0, 0.05) is 5.69 Å². The molecule has 1 aromatic carbocycles. The lowest BCUT2D eigenvalue weighted by Gasteiger charge is -2.10. The smallest absolute Gasteiger partial charge is 0.277 e. The topological polar surface area (TPSA) is 94.0 Å². The second-order valence-corrected chi connectivity index (χ2v) is 7.31. The van der Waals surface area contributed by atoms with Crippen LogP contribution in [0.15, 0.2) is 27.8 Å². The van der Waals surface area contributed by atoms with Gasteiger partial charge in [0.05, 0.1) is 11.8 Å². The zero-order valence-electron chi connectivity index (χ0n) is 14.0. The van der Waals surface area contributed by atoms with Gasteiger partial charge in [0.2, 0.25) is 11.8 Å². The first-order valence-corrected chi connectivity index (χ1v) is 9.96. The molecule has 130 valence electrons. The summed E-state index contributed by atoms with van der Waals surface area (Å²) in [5.74, 6) is 1.45. The van der Waals surface area contributed by atoms with Crippen molar-refractivity contribution in [3.63, 3.8) is 0 Å². The van der Waals surface area contributed by atoms with E-state index >= 15 is 0 Å². The van der Waals surface area contributed by atoms with Gasteiger partial charge in [-0.15, -0.1) is 10.2 Å². The predicted octanol–water partition coefficient (Wildman–Crippen LogP) is 3.17. The average molecular weight is 367 g/mol. The van der Waals surface area contributed by atoms with Gasteiger partial charge >= 0.3 is 0 Å². The maximum Gasteiger partial charge on any atom is 0.277 e. The van der Waals surface area contributed by atoms with E-state index in [0.717, 1.165) is 29.0 Å². The fourth-order valence-electron chi connectivity index (χ4n) is 2.11. The molecule has 1 amide bonds. The highest BCUT2D eigenvalue weighted by molar-refractivity contribution is 7.99. The van der Waals surface area contributed by atoms with Gasteiger partial charge < -0.3 is 15.5 Å². The summed E-state index contributed by atoms with van der Waals surface area (Å²) < 4.78 is 5.52. The second-order valence-electron chi connectivity index (χ2n) is 5.40. The van der Waals surface area contributed by atoms with Crippen molar-refractivity contribution in [1.82, 2.24) is 10.2 Å². The van der Waals surface area contributed by atoms with Crippen molar-refractivity contribution in [2.75, 3.05) is 23.1 Å². The molecule has 1 atom stereocenters. The van der Waals surface area contributed by atoms with E-state index in [1.165, 1.54) is 11.8 Å². The minimum absolute atomic E-state index is 0.108. The highest BCUT2D eigenvalue weighted by Gasteiger charge is 2.15. The fourth-order valence-corrected chi connectivity index (χ4v) is 3.17. The summed E-state index contributed by atoms with van der Waals surface area (Å²) >= 11 is 2.93. The number of aryl methyl sites for hydroxylation is 2. The van der Waals surface area contributed by atoms with Gasteiger partial charge in [-0.25, -0.2) is 0 Å². The molecule has 0 radical (unpaired) electrons. The second kappa shape index (κ2) is 9.10. The third-order valence-corrected chi connectivity index (χ3v) is 4.91. The first-order chi connectivity index (χ1) is 11.5. The molecule has 3 N–H and O–H groups in total. The summed E-state index contributed by atoms with van der Waals surface area (Å²) in [5, 5.41) is 11.2. The molecule has 0 aliphatic heterocycles. The Hall–Kier alpha value is -1.51. The molecule has 1 heterocycles. The first kappa shape index (κ1) is 18.8. The van der Waals surface area contributed by atoms with Gasteiger partial charge in [0.1, 0.15) is 0 Å².